The number of aromatic nitrogens is 2. The van der Waals surface area contributed by atoms with E-state index in [2.05, 4.69) is 15.6 Å². The van der Waals surface area contributed by atoms with Gasteiger partial charge < -0.3 is 19.9 Å². The highest BCUT2D eigenvalue weighted by Crippen LogP contribution is 2.21. The lowest BCUT2D eigenvalue weighted by molar-refractivity contribution is -0.130. The summed E-state index contributed by atoms with van der Waals surface area (Å²) >= 11 is 1.40. The Balaban J connectivity index is 1.47. The van der Waals surface area contributed by atoms with Crippen molar-refractivity contribution < 1.29 is 14.3 Å². The van der Waals surface area contributed by atoms with Gasteiger partial charge in [-0.2, -0.15) is 0 Å². The minimum Gasteiger partial charge on any atom is -0.368 e. The van der Waals surface area contributed by atoms with E-state index >= 15 is 0 Å². The summed E-state index contributed by atoms with van der Waals surface area (Å²) in [6, 6.07) is 9.24. The zero-order valence-corrected chi connectivity index (χ0v) is 15.7. The highest BCUT2D eigenvalue weighted by atomic mass is 32.1. The number of thiophene rings is 1. The van der Waals surface area contributed by atoms with Crippen molar-refractivity contribution in [2.45, 2.75) is 25.5 Å². The van der Waals surface area contributed by atoms with Gasteiger partial charge in [0, 0.05) is 19.3 Å². The van der Waals surface area contributed by atoms with Crippen molar-refractivity contribution in [1.82, 2.24) is 14.9 Å². The van der Waals surface area contributed by atoms with Gasteiger partial charge >= 0.3 is 0 Å². The average molecular weight is 384 g/mol. The van der Waals surface area contributed by atoms with Gasteiger partial charge in [0.05, 0.1) is 22.5 Å². The maximum absolute atomic E-state index is 12.2. The lowest BCUT2D eigenvalue weighted by Crippen LogP contribution is -2.34. The van der Waals surface area contributed by atoms with Crippen LogP contribution in [0.25, 0.3) is 11.0 Å². The molecule has 1 atom stereocenters. The average Bonchev–Trinajstić information content (AvgIpc) is 3.42. The normalized spacial score (nSPS) is 16.6. The van der Waals surface area contributed by atoms with Crippen molar-refractivity contribution in [2.75, 3.05) is 11.9 Å². The van der Waals surface area contributed by atoms with Crippen LogP contribution in [0.3, 0.4) is 0 Å². The SMILES string of the molecule is Cn1c(CNC(=O)C2CCCO2)nc2cc(NC(=O)c3cccs3)ccc21. The summed E-state index contributed by atoms with van der Waals surface area (Å²) < 4.78 is 7.34. The molecule has 0 radical (unpaired) electrons. The van der Waals surface area contributed by atoms with Gasteiger partial charge in [0.2, 0.25) is 5.91 Å². The third kappa shape index (κ3) is 3.72. The second-order valence-electron chi connectivity index (χ2n) is 6.44. The van der Waals surface area contributed by atoms with E-state index in [-0.39, 0.29) is 17.9 Å². The van der Waals surface area contributed by atoms with Crippen LogP contribution >= 0.6 is 11.3 Å². The smallest absolute Gasteiger partial charge is 0.265 e. The molecule has 1 saturated heterocycles. The Bertz CT molecular complexity index is 974. The minimum absolute atomic E-state index is 0.0940. The molecular formula is C19H20N4O3S. The number of nitrogens with one attached hydrogen (secondary N) is 2. The summed E-state index contributed by atoms with van der Waals surface area (Å²) in [5.41, 5.74) is 2.39. The molecule has 0 bridgehead atoms. The van der Waals surface area contributed by atoms with E-state index in [1.807, 2.05) is 41.3 Å². The summed E-state index contributed by atoms with van der Waals surface area (Å²) in [6.07, 6.45) is 1.34. The Morgan fingerprint density at radius 1 is 1.37 bits per heavy atom. The maximum Gasteiger partial charge on any atom is 0.265 e. The Kier molecular flexibility index (Phi) is 4.91. The summed E-state index contributed by atoms with van der Waals surface area (Å²) in [4.78, 5) is 29.6. The Morgan fingerprint density at radius 2 is 2.26 bits per heavy atom. The van der Waals surface area contributed by atoms with Crippen molar-refractivity contribution in [3.8, 4) is 0 Å². The van der Waals surface area contributed by atoms with Crippen LogP contribution in [0.4, 0.5) is 5.69 Å². The molecule has 140 valence electrons. The van der Waals surface area contributed by atoms with Crippen LogP contribution in [0, 0.1) is 0 Å². The van der Waals surface area contributed by atoms with E-state index in [1.165, 1.54) is 11.3 Å². The Labute approximate surface area is 160 Å². The minimum atomic E-state index is -0.348. The number of fused-ring (bicyclic) bond motifs is 1. The molecule has 1 unspecified atom stereocenters. The molecule has 0 saturated carbocycles. The fourth-order valence-corrected chi connectivity index (χ4v) is 3.77. The van der Waals surface area contributed by atoms with Gasteiger partial charge in [-0.15, -0.1) is 11.3 Å². The standard InChI is InChI=1S/C19H20N4O3S/c1-23-14-7-6-12(21-19(25)16-5-3-9-27-16)10-13(14)22-17(23)11-20-18(24)15-4-2-8-26-15/h3,5-7,9-10,15H,2,4,8,11H2,1H3,(H,20,24)(H,21,25). The van der Waals surface area contributed by atoms with Crippen LogP contribution < -0.4 is 10.6 Å². The molecule has 8 heteroatoms. The van der Waals surface area contributed by atoms with E-state index in [1.54, 1.807) is 6.07 Å². The van der Waals surface area contributed by atoms with Crippen LogP contribution in [-0.4, -0.2) is 34.1 Å². The third-order valence-corrected chi connectivity index (χ3v) is 5.49. The van der Waals surface area contributed by atoms with Gasteiger partial charge in [-0.05, 0) is 42.5 Å². The number of imidazole rings is 1. The molecule has 1 aliphatic heterocycles. The van der Waals surface area contributed by atoms with Crippen LogP contribution in [0.1, 0.15) is 28.3 Å². The summed E-state index contributed by atoms with van der Waals surface area (Å²) in [6.45, 7) is 0.977. The molecule has 0 aliphatic carbocycles. The Morgan fingerprint density at radius 3 is 3.00 bits per heavy atom. The van der Waals surface area contributed by atoms with Gasteiger partial charge in [-0.3, -0.25) is 9.59 Å². The lowest BCUT2D eigenvalue weighted by Gasteiger charge is -2.10. The molecule has 27 heavy (non-hydrogen) atoms. The maximum atomic E-state index is 12.2. The summed E-state index contributed by atoms with van der Waals surface area (Å²) in [5.74, 6) is 0.519. The number of ether oxygens (including phenoxy) is 1. The predicted octanol–water partition coefficient (Wildman–Crippen LogP) is 2.68. The lowest BCUT2D eigenvalue weighted by atomic mass is 10.2. The van der Waals surface area contributed by atoms with Crippen molar-refractivity contribution >= 4 is 39.9 Å². The zero-order valence-electron chi connectivity index (χ0n) is 14.9. The third-order valence-electron chi connectivity index (χ3n) is 4.62. The number of amides is 2. The zero-order chi connectivity index (χ0) is 18.8. The number of carbonyl (C=O) groups is 2. The first kappa shape index (κ1) is 17.7. The number of hydrogen-bond donors (Lipinski definition) is 2. The molecule has 2 N–H and O–H groups in total. The number of carbonyl (C=O) groups excluding carboxylic acids is 2. The number of nitrogens with zero attached hydrogens (tertiary/aromatic N) is 2. The molecule has 1 aromatic carbocycles. The van der Waals surface area contributed by atoms with E-state index in [0.29, 0.717) is 23.7 Å². The van der Waals surface area contributed by atoms with E-state index < -0.39 is 0 Å². The van der Waals surface area contributed by atoms with Crippen molar-refractivity contribution in [3.63, 3.8) is 0 Å². The molecule has 0 spiro atoms. The summed E-state index contributed by atoms with van der Waals surface area (Å²) in [5, 5.41) is 7.65. The summed E-state index contributed by atoms with van der Waals surface area (Å²) in [7, 11) is 1.91. The van der Waals surface area contributed by atoms with Gasteiger partial charge in [0.25, 0.3) is 5.91 Å². The largest absolute Gasteiger partial charge is 0.368 e. The van der Waals surface area contributed by atoms with Gasteiger partial charge in [-0.1, -0.05) is 6.07 Å². The van der Waals surface area contributed by atoms with Crippen LogP contribution in [0.15, 0.2) is 35.7 Å². The first-order chi connectivity index (χ1) is 13.1. The molecular weight excluding hydrogens is 364 g/mol. The van der Waals surface area contributed by atoms with Crippen molar-refractivity contribution in [3.05, 3.63) is 46.4 Å². The topological polar surface area (TPSA) is 85.2 Å². The molecule has 4 rings (SSSR count). The fourth-order valence-electron chi connectivity index (χ4n) is 3.15. The van der Waals surface area contributed by atoms with E-state index in [4.69, 9.17) is 4.74 Å². The highest BCUT2D eigenvalue weighted by Gasteiger charge is 2.23. The quantitative estimate of drug-likeness (QED) is 0.708. The fraction of sp³-hybridized carbons (Fsp3) is 0.316. The number of aryl methyl sites for hydroxylation is 1. The molecule has 3 aromatic rings. The second-order valence-corrected chi connectivity index (χ2v) is 7.39. The monoisotopic (exact) mass is 384 g/mol. The molecule has 2 aromatic heterocycles. The molecule has 2 amide bonds. The highest BCUT2D eigenvalue weighted by molar-refractivity contribution is 7.12. The molecule has 3 heterocycles. The van der Waals surface area contributed by atoms with Gasteiger partial charge in [-0.25, -0.2) is 4.98 Å². The first-order valence-corrected chi connectivity index (χ1v) is 9.69. The van der Waals surface area contributed by atoms with Crippen molar-refractivity contribution in [2.24, 2.45) is 7.05 Å². The Hall–Kier alpha value is -2.71. The van der Waals surface area contributed by atoms with E-state index in [0.717, 1.165) is 29.7 Å². The van der Waals surface area contributed by atoms with Gasteiger partial charge in [0.1, 0.15) is 11.9 Å². The van der Waals surface area contributed by atoms with Crippen LogP contribution in [0.2, 0.25) is 0 Å². The number of benzene rings is 1. The second kappa shape index (κ2) is 7.50. The molecule has 1 fully saturated rings. The van der Waals surface area contributed by atoms with Crippen LogP contribution in [-0.2, 0) is 23.1 Å². The predicted molar refractivity (Wildman–Crippen MR) is 104 cm³/mol. The molecule has 1 aliphatic rings. The number of hydrogen-bond acceptors (Lipinski definition) is 5. The first-order valence-electron chi connectivity index (χ1n) is 8.81. The number of anilines is 1. The number of rotatable bonds is 5. The van der Waals surface area contributed by atoms with Crippen molar-refractivity contribution in [1.29, 1.82) is 0 Å². The van der Waals surface area contributed by atoms with Gasteiger partial charge in [0.15, 0.2) is 0 Å². The molecule has 7 nitrogen and oxygen atoms in total. The van der Waals surface area contributed by atoms with Crippen LogP contribution in [0.5, 0.6) is 0 Å². The van der Waals surface area contributed by atoms with E-state index in [9.17, 15) is 9.59 Å².